The molecule has 0 fully saturated rings. The quantitative estimate of drug-likeness (QED) is 0.567. The highest BCUT2D eigenvalue weighted by Crippen LogP contribution is 2.29. The molecular formula is C20H19F2N3O5. The van der Waals surface area contributed by atoms with Crippen LogP contribution in [0.25, 0.3) is 0 Å². The van der Waals surface area contributed by atoms with Gasteiger partial charge in [0.2, 0.25) is 11.7 Å². The van der Waals surface area contributed by atoms with Crippen LogP contribution >= 0.6 is 0 Å². The molecule has 1 heterocycles. The summed E-state index contributed by atoms with van der Waals surface area (Å²) >= 11 is 0. The van der Waals surface area contributed by atoms with E-state index < -0.39 is 6.61 Å². The minimum atomic E-state index is -2.98. The van der Waals surface area contributed by atoms with Crippen LogP contribution < -0.4 is 19.5 Å². The van der Waals surface area contributed by atoms with Crippen molar-refractivity contribution >= 4 is 5.91 Å². The monoisotopic (exact) mass is 419 g/mol. The number of benzene rings is 2. The summed E-state index contributed by atoms with van der Waals surface area (Å²) in [7, 11) is 1.35. The number of hydrogen-bond acceptors (Lipinski definition) is 7. The van der Waals surface area contributed by atoms with Gasteiger partial charge < -0.3 is 24.1 Å². The number of amides is 1. The van der Waals surface area contributed by atoms with Crippen LogP contribution in [-0.2, 0) is 13.2 Å². The van der Waals surface area contributed by atoms with Crippen LogP contribution in [0.4, 0.5) is 8.78 Å². The molecule has 0 spiro atoms. The zero-order valence-electron chi connectivity index (χ0n) is 16.2. The first-order valence-corrected chi connectivity index (χ1v) is 8.86. The van der Waals surface area contributed by atoms with Crippen molar-refractivity contribution in [2.45, 2.75) is 26.7 Å². The van der Waals surface area contributed by atoms with E-state index in [2.05, 4.69) is 20.2 Å². The number of nitrogens with zero attached hydrogens (tertiary/aromatic N) is 2. The molecule has 1 aromatic heterocycles. The number of methoxy groups -OCH3 is 1. The van der Waals surface area contributed by atoms with E-state index in [1.165, 1.54) is 19.2 Å². The minimum Gasteiger partial charge on any atom is -0.493 e. The van der Waals surface area contributed by atoms with Gasteiger partial charge in [-0.15, -0.1) is 0 Å². The van der Waals surface area contributed by atoms with Gasteiger partial charge in [0, 0.05) is 19.0 Å². The number of nitrogens with one attached hydrogen (secondary N) is 1. The Kier molecular flexibility index (Phi) is 6.79. The summed E-state index contributed by atoms with van der Waals surface area (Å²) in [4.78, 5) is 16.4. The van der Waals surface area contributed by atoms with E-state index in [0.717, 1.165) is 0 Å². The molecule has 0 aliphatic rings. The summed E-state index contributed by atoms with van der Waals surface area (Å²) in [6.07, 6.45) is 0. The first-order chi connectivity index (χ1) is 14.4. The Balaban J connectivity index is 1.55. The fourth-order valence-electron chi connectivity index (χ4n) is 2.55. The summed E-state index contributed by atoms with van der Waals surface area (Å²) < 4.78 is 44.9. The Morgan fingerprint density at radius 1 is 1.17 bits per heavy atom. The van der Waals surface area contributed by atoms with Crippen molar-refractivity contribution in [3.05, 3.63) is 65.3 Å². The molecule has 158 valence electrons. The second-order valence-corrected chi connectivity index (χ2v) is 6.09. The lowest BCUT2D eigenvalue weighted by molar-refractivity contribution is -0.0512. The number of aryl methyl sites for hydroxylation is 1. The Hall–Kier alpha value is -3.69. The molecular weight excluding hydrogens is 400 g/mol. The molecule has 0 saturated heterocycles. The van der Waals surface area contributed by atoms with E-state index in [9.17, 15) is 13.6 Å². The second-order valence-electron chi connectivity index (χ2n) is 6.09. The maximum atomic E-state index is 12.5. The number of rotatable bonds is 9. The molecule has 30 heavy (non-hydrogen) atoms. The predicted octanol–water partition coefficient (Wildman–Crippen LogP) is 3.50. The third kappa shape index (κ3) is 5.66. The standard InChI is InChI=1S/C20H19F2N3O5/c1-12-24-18(25-30-12)11-28-15-6-4-14(5-7-15)19(26)23-10-13-3-8-16(27-2)17(9-13)29-20(21)22/h3-9,20H,10-11H2,1-2H3,(H,23,26). The van der Waals surface area contributed by atoms with Gasteiger partial charge in [-0.25, -0.2) is 0 Å². The van der Waals surface area contributed by atoms with E-state index in [0.29, 0.717) is 28.6 Å². The maximum Gasteiger partial charge on any atom is 0.387 e. The van der Waals surface area contributed by atoms with Crippen molar-refractivity contribution in [2.75, 3.05) is 7.11 Å². The van der Waals surface area contributed by atoms with Gasteiger partial charge in [-0.1, -0.05) is 11.2 Å². The third-order valence-electron chi connectivity index (χ3n) is 3.95. The second kappa shape index (κ2) is 9.68. The van der Waals surface area contributed by atoms with E-state index in [-0.39, 0.29) is 30.6 Å². The summed E-state index contributed by atoms with van der Waals surface area (Å²) in [5.41, 5.74) is 0.991. The number of carbonyl (C=O) groups is 1. The van der Waals surface area contributed by atoms with Crippen LogP contribution in [0, 0.1) is 6.92 Å². The maximum absolute atomic E-state index is 12.5. The molecule has 1 N–H and O–H groups in total. The van der Waals surface area contributed by atoms with Crippen molar-refractivity contribution in [1.29, 1.82) is 0 Å². The van der Waals surface area contributed by atoms with Crippen LogP contribution in [0.3, 0.4) is 0 Å². The van der Waals surface area contributed by atoms with E-state index >= 15 is 0 Å². The largest absolute Gasteiger partial charge is 0.493 e. The smallest absolute Gasteiger partial charge is 0.387 e. The van der Waals surface area contributed by atoms with Crippen LogP contribution in [0.2, 0.25) is 0 Å². The van der Waals surface area contributed by atoms with E-state index in [4.69, 9.17) is 14.0 Å². The summed E-state index contributed by atoms with van der Waals surface area (Å²) in [5.74, 6) is 1.16. The van der Waals surface area contributed by atoms with Crippen LogP contribution in [0.15, 0.2) is 47.0 Å². The number of alkyl halides is 2. The number of ether oxygens (including phenoxy) is 3. The predicted molar refractivity (Wildman–Crippen MR) is 101 cm³/mol. The normalized spacial score (nSPS) is 10.7. The van der Waals surface area contributed by atoms with Gasteiger partial charge in [-0.05, 0) is 42.0 Å². The van der Waals surface area contributed by atoms with Crippen LogP contribution in [0.5, 0.6) is 17.2 Å². The number of aromatic nitrogens is 2. The molecule has 0 saturated carbocycles. The van der Waals surface area contributed by atoms with Crippen LogP contribution in [0.1, 0.15) is 27.6 Å². The van der Waals surface area contributed by atoms with Gasteiger partial charge in [0.1, 0.15) is 5.75 Å². The summed E-state index contributed by atoms with van der Waals surface area (Å²) in [6, 6.07) is 11.0. The Labute approximate surface area is 170 Å². The highest BCUT2D eigenvalue weighted by Gasteiger charge is 2.12. The van der Waals surface area contributed by atoms with Crippen molar-refractivity contribution < 1.29 is 32.3 Å². The fraction of sp³-hybridized carbons (Fsp3) is 0.250. The highest BCUT2D eigenvalue weighted by molar-refractivity contribution is 5.94. The first-order valence-electron chi connectivity index (χ1n) is 8.86. The number of halogens is 2. The minimum absolute atomic E-state index is 0.0995. The molecule has 2 aromatic carbocycles. The topological polar surface area (TPSA) is 95.7 Å². The van der Waals surface area contributed by atoms with Crippen molar-refractivity contribution in [1.82, 2.24) is 15.5 Å². The van der Waals surface area contributed by atoms with Gasteiger partial charge in [-0.3, -0.25) is 4.79 Å². The lowest BCUT2D eigenvalue weighted by Crippen LogP contribution is -2.22. The molecule has 3 rings (SSSR count). The zero-order chi connectivity index (χ0) is 21.5. The molecule has 10 heteroatoms. The third-order valence-corrected chi connectivity index (χ3v) is 3.95. The molecule has 0 bridgehead atoms. The van der Waals surface area contributed by atoms with E-state index in [1.54, 1.807) is 37.3 Å². The molecule has 0 aliphatic carbocycles. The SMILES string of the molecule is COc1ccc(CNC(=O)c2ccc(OCc3noc(C)n3)cc2)cc1OC(F)F. The van der Waals surface area contributed by atoms with Gasteiger partial charge in [0.05, 0.1) is 7.11 Å². The van der Waals surface area contributed by atoms with Crippen LogP contribution in [-0.4, -0.2) is 29.8 Å². The zero-order valence-corrected chi connectivity index (χ0v) is 16.2. The summed E-state index contributed by atoms with van der Waals surface area (Å²) in [6.45, 7) is -1.03. The van der Waals surface area contributed by atoms with Crippen molar-refractivity contribution in [3.63, 3.8) is 0 Å². The molecule has 1 amide bonds. The number of hydrogen-bond donors (Lipinski definition) is 1. The van der Waals surface area contributed by atoms with E-state index in [1.807, 2.05) is 0 Å². The highest BCUT2D eigenvalue weighted by atomic mass is 19.3. The fourth-order valence-corrected chi connectivity index (χ4v) is 2.55. The van der Waals surface area contributed by atoms with Gasteiger partial charge >= 0.3 is 6.61 Å². The molecule has 0 unspecified atom stereocenters. The first kappa shape index (κ1) is 21.0. The molecule has 8 nitrogen and oxygen atoms in total. The average molecular weight is 419 g/mol. The molecule has 0 atom stereocenters. The number of carbonyl (C=O) groups excluding carboxylic acids is 1. The molecule has 3 aromatic rings. The Morgan fingerprint density at radius 3 is 2.57 bits per heavy atom. The molecule has 0 aliphatic heterocycles. The van der Waals surface area contributed by atoms with Gasteiger partial charge in [0.25, 0.3) is 5.91 Å². The molecule has 0 radical (unpaired) electrons. The van der Waals surface area contributed by atoms with Gasteiger partial charge in [0.15, 0.2) is 18.1 Å². The average Bonchev–Trinajstić information content (AvgIpc) is 3.16. The van der Waals surface area contributed by atoms with Gasteiger partial charge in [-0.2, -0.15) is 13.8 Å². The van der Waals surface area contributed by atoms with Crippen molar-refractivity contribution in [2.24, 2.45) is 0 Å². The summed E-state index contributed by atoms with van der Waals surface area (Å²) in [5, 5.41) is 6.45. The lowest BCUT2D eigenvalue weighted by atomic mass is 10.1. The van der Waals surface area contributed by atoms with Crippen molar-refractivity contribution in [3.8, 4) is 17.2 Å². The Morgan fingerprint density at radius 2 is 1.93 bits per heavy atom. The lowest BCUT2D eigenvalue weighted by Gasteiger charge is -2.12. The Bertz CT molecular complexity index is 992.